The lowest BCUT2D eigenvalue weighted by atomic mass is 9.67. The Morgan fingerprint density at radius 1 is 1.40 bits per heavy atom. The summed E-state index contributed by atoms with van der Waals surface area (Å²) in [6.07, 6.45) is 0.797. The Morgan fingerprint density at radius 2 is 2.05 bits per heavy atom. The number of ether oxygens (including phenoxy) is 1. The molecule has 20 heavy (non-hydrogen) atoms. The number of rotatable bonds is 4. The third-order valence-corrected chi connectivity index (χ3v) is 5.41. The third-order valence-electron chi connectivity index (χ3n) is 3.99. The first-order valence-electron chi connectivity index (χ1n) is 6.24. The molecule has 1 aliphatic carbocycles. The number of hydrogen-bond donors (Lipinski definition) is 1. The largest absolute Gasteiger partial charge is 0.495 e. The summed E-state index contributed by atoms with van der Waals surface area (Å²) < 4.78 is 53.3. The second-order valence-corrected chi connectivity index (χ2v) is 6.97. The third kappa shape index (κ3) is 2.40. The first-order valence-corrected chi connectivity index (χ1v) is 7.79. The number of hydrogen-bond acceptors (Lipinski definition) is 4. The Kier molecular flexibility index (Phi) is 4.02. The molecule has 1 aliphatic rings. The summed E-state index contributed by atoms with van der Waals surface area (Å²) in [4.78, 5) is -0.477. The van der Waals surface area contributed by atoms with E-state index in [9.17, 15) is 17.2 Å². The summed E-state index contributed by atoms with van der Waals surface area (Å²) in [5, 5.41) is 0. The van der Waals surface area contributed by atoms with Gasteiger partial charge in [-0.3, -0.25) is 0 Å². The Morgan fingerprint density at radius 3 is 2.50 bits per heavy atom. The van der Waals surface area contributed by atoms with Gasteiger partial charge in [0, 0.05) is 6.04 Å². The van der Waals surface area contributed by atoms with Gasteiger partial charge in [0.15, 0.2) is 0 Å². The van der Waals surface area contributed by atoms with Crippen LogP contribution in [0.2, 0.25) is 0 Å². The van der Waals surface area contributed by atoms with E-state index in [0.717, 1.165) is 12.0 Å². The van der Waals surface area contributed by atoms with Crippen molar-refractivity contribution in [1.82, 2.24) is 0 Å². The summed E-state index contributed by atoms with van der Waals surface area (Å²) in [5.41, 5.74) is 6.70. The second kappa shape index (κ2) is 5.29. The van der Waals surface area contributed by atoms with Crippen LogP contribution in [0.5, 0.6) is 5.75 Å². The molecule has 2 rings (SSSR count). The molecule has 1 saturated carbocycles. The lowest BCUT2D eigenvalue weighted by Gasteiger charge is -2.41. The number of halogens is 2. The van der Waals surface area contributed by atoms with E-state index in [1.165, 1.54) is 19.2 Å². The molecule has 4 nitrogen and oxygen atoms in total. The molecule has 0 bridgehead atoms. The number of benzene rings is 1. The zero-order chi connectivity index (χ0) is 15.1. The van der Waals surface area contributed by atoms with Crippen LogP contribution in [0, 0.1) is 5.92 Å². The zero-order valence-corrected chi connectivity index (χ0v) is 12.0. The molecule has 3 atom stereocenters. The molecule has 3 unspecified atom stereocenters. The molecule has 0 aliphatic heterocycles. The van der Waals surface area contributed by atoms with Crippen molar-refractivity contribution in [3.63, 3.8) is 0 Å². The number of methoxy groups -OCH3 is 1. The Balaban J connectivity index is 2.39. The molecule has 1 aromatic rings. The summed E-state index contributed by atoms with van der Waals surface area (Å²) in [6, 6.07) is 4.38. The highest BCUT2D eigenvalue weighted by Crippen LogP contribution is 2.43. The van der Waals surface area contributed by atoms with Crippen molar-refractivity contribution < 1.29 is 21.9 Å². The molecule has 0 amide bonds. The topological polar surface area (TPSA) is 69.4 Å². The molecule has 2 N–H and O–H groups in total. The maximum Gasteiger partial charge on any atom is 0.341 e. The Labute approximate surface area is 116 Å². The highest BCUT2D eigenvalue weighted by molar-refractivity contribution is 7.91. The van der Waals surface area contributed by atoms with Gasteiger partial charge in [-0.15, -0.1) is 0 Å². The minimum atomic E-state index is -4.66. The molecule has 0 heterocycles. The van der Waals surface area contributed by atoms with Crippen LogP contribution in [0.15, 0.2) is 23.1 Å². The predicted molar refractivity (Wildman–Crippen MR) is 70.7 cm³/mol. The molecule has 1 fully saturated rings. The fraction of sp³-hybridized carbons (Fsp3) is 0.538. The van der Waals surface area contributed by atoms with E-state index in [2.05, 4.69) is 0 Å². The maximum absolute atomic E-state index is 12.6. The van der Waals surface area contributed by atoms with Crippen molar-refractivity contribution in [2.45, 2.75) is 36.0 Å². The van der Waals surface area contributed by atoms with Gasteiger partial charge in [-0.1, -0.05) is 13.0 Å². The highest BCUT2D eigenvalue weighted by atomic mass is 32.2. The van der Waals surface area contributed by atoms with Crippen LogP contribution in [0.1, 0.15) is 24.8 Å². The fourth-order valence-electron chi connectivity index (χ4n) is 2.51. The van der Waals surface area contributed by atoms with Crippen LogP contribution in [-0.2, 0) is 9.84 Å². The zero-order valence-electron chi connectivity index (χ0n) is 11.2. The van der Waals surface area contributed by atoms with Gasteiger partial charge in [-0.2, -0.15) is 8.78 Å². The monoisotopic (exact) mass is 305 g/mol. The Hall–Kier alpha value is -1.21. The van der Waals surface area contributed by atoms with Gasteiger partial charge in [-0.05, 0) is 36.0 Å². The van der Waals surface area contributed by atoms with E-state index >= 15 is 0 Å². The van der Waals surface area contributed by atoms with Crippen molar-refractivity contribution in [2.24, 2.45) is 11.7 Å². The van der Waals surface area contributed by atoms with E-state index in [0.29, 0.717) is 0 Å². The van der Waals surface area contributed by atoms with Crippen molar-refractivity contribution in [1.29, 1.82) is 0 Å². The molecule has 1 aromatic carbocycles. The molecule has 0 aromatic heterocycles. The minimum Gasteiger partial charge on any atom is -0.495 e. The predicted octanol–water partition coefficient (Wildman–Crippen LogP) is 2.14. The van der Waals surface area contributed by atoms with Crippen molar-refractivity contribution >= 4 is 9.84 Å². The summed E-state index contributed by atoms with van der Waals surface area (Å²) in [6.45, 7) is 2.01. The molecule has 7 heteroatoms. The summed E-state index contributed by atoms with van der Waals surface area (Å²) in [5.74, 6) is -3.02. The van der Waals surface area contributed by atoms with E-state index in [1.807, 2.05) is 6.92 Å². The van der Waals surface area contributed by atoms with Crippen molar-refractivity contribution in [2.75, 3.05) is 7.11 Å². The first kappa shape index (κ1) is 15.2. The van der Waals surface area contributed by atoms with E-state index in [1.54, 1.807) is 6.07 Å². The number of alkyl halides is 2. The van der Waals surface area contributed by atoms with Gasteiger partial charge in [0.05, 0.1) is 7.11 Å². The van der Waals surface area contributed by atoms with Crippen LogP contribution in [0.25, 0.3) is 0 Å². The van der Waals surface area contributed by atoms with Crippen LogP contribution in [-0.4, -0.2) is 27.3 Å². The standard InChI is InChI=1S/C13H17F2NO3S/c1-7-9(6-10(7)16)8-3-4-12(11(5-8)19-2)20(17,18)13(14)15/h3-5,7,9-10,13H,6,16H2,1-2H3. The first-order chi connectivity index (χ1) is 9.28. The Bertz CT molecular complexity index is 604. The van der Waals surface area contributed by atoms with E-state index in [4.69, 9.17) is 10.5 Å². The van der Waals surface area contributed by atoms with E-state index < -0.39 is 20.5 Å². The van der Waals surface area contributed by atoms with Crippen LogP contribution >= 0.6 is 0 Å². The molecule has 112 valence electrons. The summed E-state index contributed by atoms with van der Waals surface area (Å²) in [7, 11) is -3.39. The van der Waals surface area contributed by atoms with Gasteiger partial charge in [0.25, 0.3) is 0 Å². The average molecular weight is 305 g/mol. The van der Waals surface area contributed by atoms with Gasteiger partial charge < -0.3 is 10.5 Å². The van der Waals surface area contributed by atoms with Gasteiger partial charge in [0.1, 0.15) is 10.6 Å². The van der Waals surface area contributed by atoms with Gasteiger partial charge >= 0.3 is 5.76 Å². The lowest BCUT2D eigenvalue weighted by Crippen LogP contribution is -2.44. The summed E-state index contributed by atoms with van der Waals surface area (Å²) >= 11 is 0. The van der Waals surface area contributed by atoms with Crippen molar-refractivity contribution in [3.8, 4) is 5.75 Å². The van der Waals surface area contributed by atoms with E-state index in [-0.39, 0.29) is 23.6 Å². The molecule has 0 radical (unpaired) electrons. The molecule has 0 spiro atoms. The normalized spacial score (nSPS) is 26.4. The molecule has 0 saturated heterocycles. The van der Waals surface area contributed by atoms with Gasteiger partial charge in [-0.25, -0.2) is 8.42 Å². The van der Waals surface area contributed by atoms with Crippen LogP contribution < -0.4 is 10.5 Å². The second-order valence-electron chi connectivity index (χ2n) is 5.08. The van der Waals surface area contributed by atoms with Gasteiger partial charge in [0.2, 0.25) is 9.84 Å². The lowest BCUT2D eigenvalue weighted by molar-refractivity contribution is 0.225. The number of nitrogens with two attached hydrogens (primary N) is 1. The van der Waals surface area contributed by atoms with Crippen molar-refractivity contribution in [3.05, 3.63) is 23.8 Å². The average Bonchev–Trinajstić information content (AvgIpc) is 2.43. The molecular weight excluding hydrogens is 288 g/mol. The number of sulfone groups is 1. The smallest absolute Gasteiger partial charge is 0.341 e. The van der Waals surface area contributed by atoms with Crippen LogP contribution in [0.3, 0.4) is 0 Å². The van der Waals surface area contributed by atoms with Crippen LogP contribution in [0.4, 0.5) is 8.78 Å². The fourth-order valence-corrected chi connectivity index (χ4v) is 3.38. The maximum atomic E-state index is 12.6. The quantitative estimate of drug-likeness (QED) is 0.925. The SMILES string of the molecule is COc1cc(C2CC(N)C2C)ccc1S(=O)(=O)C(F)F. The molecular formula is C13H17F2NO3S. The minimum absolute atomic E-state index is 0.0459. The highest BCUT2D eigenvalue weighted by Gasteiger charge is 2.37.